The molecule has 3 rings (SSSR count). The normalized spacial score (nSPS) is 10.7. The van der Waals surface area contributed by atoms with Crippen LogP contribution in [-0.2, 0) is 22.7 Å². The molecule has 1 heterocycles. The number of benzene rings is 2. The molecule has 2 amide bonds. The maximum absolute atomic E-state index is 12.5. The Labute approximate surface area is 230 Å². The predicted molar refractivity (Wildman–Crippen MR) is 148 cm³/mol. The molecule has 0 saturated heterocycles. The fourth-order valence-electron chi connectivity index (χ4n) is 3.32. The molecule has 0 bridgehead atoms. The molecule has 0 fully saturated rings. The number of amides is 2. The van der Waals surface area contributed by atoms with Crippen molar-refractivity contribution in [1.29, 1.82) is 0 Å². The third-order valence-electron chi connectivity index (χ3n) is 5.13. The summed E-state index contributed by atoms with van der Waals surface area (Å²) in [6.07, 6.45) is 4.77. The molecular formula is C26H28ClN5O5S. The van der Waals surface area contributed by atoms with Crippen LogP contribution in [0.15, 0.2) is 60.3 Å². The molecule has 38 heavy (non-hydrogen) atoms. The number of nitrogens with zero attached hydrogens (tertiary/aromatic N) is 3. The lowest BCUT2D eigenvalue weighted by Crippen LogP contribution is -2.23. The number of methoxy groups -OCH3 is 3. The molecule has 0 radical (unpaired) electrons. The lowest BCUT2D eigenvalue weighted by atomic mass is 10.2. The number of ether oxygens (including phenoxy) is 3. The van der Waals surface area contributed by atoms with Crippen molar-refractivity contribution in [2.45, 2.75) is 18.2 Å². The Morgan fingerprint density at radius 2 is 1.79 bits per heavy atom. The number of anilines is 1. The molecule has 0 unspecified atom stereocenters. The van der Waals surface area contributed by atoms with Gasteiger partial charge >= 0.3 is 0 Å². The van der Waals surface area contributed by atoms with E-state index in [1.807, 2.05) is 6.07 Å². The van der Waals surface area contributed by atoms with Crippen LogP contribution in [0.3, 0.4) is 0 Å². The molecule has 0 aliphatic carbocycles. The Hall–Kier alpha value is -3.96. The van der Waals surface area contributed by atoms with Gasteiger partial charge in [0.05, 0.1) is 39.3 Å². The molecule has 0 saturated carbocycles. The van der Waals surface area contributed by atoms with Gasteiger partial charge in [-0.05, 0) is 42.0 Å². The second kappa shape index (κ2) is 14.1. The molecular weight excluding hydrogens is 530 g/mol. The maximum atomic E-state index is 12.5. The summed E-state index contributed by atoms with van der Waals surface area (Å²) in [6.45, 7) is 4.32. The van der Waals surface area contributed by atoms with Gasteiger partial charge in [-0.2, -0.15) is 0 Å². The Balaban J connectivity index is 1.59. The number of hydrogen-bond donors (Lipinski definition) is 2. The summed E-state index contributed by atoms with van der Waals surface area (Å²) in [7, 11) is 4.62. The van der Waals surface area contributed by atoms with Gasteiger partial charge in [-0.3, -0.25) is 9.59 Å². The maximum Gasteiger partial charge on any atom is 0.244 e. The fourth-order valence-corrected chi connectivity index (χ4v) is 4.26. The average molecular weight is 558 g/mol. The van der Waals surface area contributed by atoms with Crippen molar-refractivity contribution >= 4 is 46.9 Å². The van der Waals surface area contributed by atoms with Crippen molar-refractivity contribution in [3.05, 3.63) is 71.5 Å². The number of hydrogen-bond acceptors (Lipinski definition) is 8. The van der Waals surface area contributed by atoms with E-state index < -0.39 is 0 Å². The number of aromatic nitrogens is 3. The largest absolute Gasteiger partial charge is 0.495 e. The van der Waals surface area contributed by atoms with Crippen LogP contribution < -0.4 is 24.8 Å². The van der Waals surface area contributed by atoms with Gasteiger partial charge in [-0.15, -0.1) is 16.8 Å². The van der Waals surface area contributed by atoms with E-state index in [-0.39, 0.29) is 24.1 Å². The van der Waals surface area contributed by atoms with Crippen molar-refractivity contribution in [3.8, 4) is 17.2 Å². The Morgan fingerprint density at radius 1 is 1.05 bits per heavy atom. The lowest BCUT2D eigenvalue weighted by Gasteiger charge is -2.11. The van der Waals surface area contributed by atoms with Crippen LogP contribution in [-0.4, -0.2) is 53.7 Å². The highest BCUT2D eigenvalue weighted by Crippen LogP contribution is 2.29. The summed E-state index contributed by atoms with van der Waals surface area (Å²) in [5.74, 6) is 1.70. The first-order valence-corrected chi connectivity index (χ1v) is 12.7. The number of carbonyl (C=O) groups excluding carboxylic acids is 2. The molecule has 0 spiro atoms. The first kappa shape index (κ1) is 28.6. The lowest BCUT2D eigenvalue weighted by molar-refractivity contribution is -0.116. The van der Waals surface area contributed by atoms with E-state index in [0.717, 1.165) is 5.56 Å². The number of rotatable bonds is 13. The van der Waals surface area contributed by atoms with E-state index >= 15 is 0 Å². The minimum atomic E-state index is -0.308. The SMILES string of the molecule is C=CCn1c(CNC(=O)/C=C/c2ccc(OC)c(OC)c2)nnc1SCC(=O)Nc1cc(Cl)ccc1OC. The van der Waals surface area contributed by atoms with Gasteiger partial charge in [-0.1, -0.05) is 35.5 Å². The van der Waals surface area contributed by atoms with Crippen LogP contribution in [0.25, 0.3) is 6.08 Å². The molecule has 10 nitrogen and oxygen atoms in total. The molecule has 0 aliphatic heterocycles. The van der Waals surface area contributed by atoms with E-state index in [1.54, 1.807) is 61.3 Å². The van der Waals surface area contributed by atoms with Crippen molar-refractivity contribution in [2.24, 2.45) is 0 Å². The zero-order valence-electron chi connectivity index (χ0n) is 21.2. The van der Waals surface area contributed by atoms with Gasteiger partial charge in [0.15, 0.2) is 22.5 Å². The smallest absolute Gasteiger partial charge is 0.244 e. The van der Waals surface area contributed by atoms with E-state index in [4.69, 9.17) is 25.8 Å². The van der Waals surface area contributed by atoms with Gasteiger partial charge in [0.2, 0.25) is 11.8 Å². The third-order valence-corrected chi connectivity index (χ3v) is 6.33. The molecule has 3 aromatic rings. The minimum Gasteiger partial charge on any atom is -0.495 e. The number of halogens is 1. The second-order valence-electron chi connectivity index (χ2n) is 7.65. The van der Waals surface area contributed by atoms with Crippen LogP contribution in [0.2, 0.25) is 5.02 Å². The highest BCUT2D eigenvalue weighted by Gasteiger charge is 2.15. The zero-order valence-corrected chi connectivity index (χ0v) is 22.8. The summed E-state index contributed by atoms with van der Waals surface area (Å²) in [6, 6.07) is 10.3. The van der Waals surface area contributed by atoms with E-state index in [9.17, 15) is 9.59 Å². The average Bonchev–Trinajstić information content (AvgIpc) is 3.30. The summed E-state index contributed by atoms with van der Waals surface area (Å²) < 4.78 is 17.5. The fraction of sp³-hybridized carbons (Fsp3) is 0.231. The van der Waals surface area contributed by atoms with Gasteiger partial charge in [0, 0.05) is 17.6 Å². The Bertz CT molecular complexity index is 1330. The van der Waals surface area contributed by atoms with Gasteiger partial charge in [0.25, 0.3) is 0 Å². The van der Waals surface area contributed by atoms with Crippen molar-refractivity contribution < 1.29 is 23.8 Å². The second-order valence-corrected chi connectivity index (χ2v) is 9.02. The standard InChI is InChI=1S/C26H28ClN5O5S/c1-5-12-32-23(15-28-24(33)11-7-17-6-9-21(36-3)22(13-17)37-4)30-31-26(32)38-16-25(34)29-19-14-18(27)8-10-20(19)35-2/h5-11,13-14H,1,12,15-16H2,2-4H3,(H,28,33)(H,29,34)/b11-7+. The topological polar surface area (TPSA) is 117 Å². The molecule has 2 aromatic carbocycles. The molecule has 1 aromatic heterocycles. The number of allylic oxidation sites excluding steroid dienone is 1. The van der Waals surface area contributed by atoms with Crippen LogP contribution >= 0.6 is 23.4 Å². The monoisotopic (exact) mass is 557 g/mol. The van der Waals surface area contributed by atoms with Crippen LogP contribution in [0.4, 0.5) is 5.69 Å². The van der Waals surface area contributed by atoms with Crippen LogP contribution in [0, 0.1) is 0 Å². The number of thioether (sulfide) groups is 1. The quantitative estimate of drug-likeness (QED) is 0.182. The molecule has 2 N–H and O–H groups in total. The molecule has 0 atom stereocenters. The molecule has 200 valence electrons. The minimum absolute atomic E-state index is 0.0748. The van der Waals surface area contributed by atoms with E-state index in [2.05, 4.69) is 27.4 Å². The third kappa shape index (κ3) is 7.77. The summed E-state index contributed by atoms with van der Waals surface area (Å²) in [5, 5.41) is 14.9. The van der Waals surface area contributed by atoms with Gasteiger partial charge < -0.3 is 29.4 Å². The van der Waals surface area contributed by atoms with Crippen LogP contribution in [0.1, 0.15) is 11.4 Å². The van der Waals surface area contributed by atoms with Crippen molar-refractivity contribution in [2.75, 3.05) is 32.4 Å². The summed E-state index contributed by atoms with van der Waals surface area (Å²) >= 11 is 7.24. The van der Waals surface area contributed by atoms with Crippen molar-refractivity contribution in [3.63, 3.8) is 0 Å². The van der Waals surface area contributed by atoms with Gasteiger partial charge in [-0.25, -0.2) is 0 Å². The predicted octanol–water partition coefficient (Wildman–Crippen LogP) is 4.20. The van der Waals surface area contributed by atoms with E-state index in [0.29, 0.717) is 45.5 Å². The first-order valence-electron chi connectivity index (χ1n) is 11.4. The number of carbonyl (C=O) groups is 2. The zero-order chi connectivity index (χ0) is 27.5. The molecule has 12 heteroatoms. The van der Waals surface area contributed by atoms with Crippen molar-refractivity contribution in [1.82, 2.24) is 20.1 Å². The van der Waals surface area contributed by atoms with E-state index in [1.165, 1.54) is 24.9 Å². The Morgan fingerprint density at radius 3 is 2.50 bits per heavy atom. The highest BCUT2D eigenvalue weighted by molar-refractivity contribution is 7.99. The van der Waals surface area contributed by atoms with Gasteiger partial charge in [0.1, 0.15) is 5.75 Å². The molecule has 0 aliphatic rings. The van der Waals surface area contributed by atoms with Crippen LogP contribution in [0.5, 0.6) is 17.2 Å². The first-order chi connectivity index (χ1) is 18.4. The summed E-state index contributed by atoms with van der Waals surface area (Å²) in [4.78, 5) is 24.9. The number of nitrogens with one attached hydrogen (secondary N) is 2. The Kier molecular flexibility index (Phi) is 10.6. The highest BCUT2D eigenvalue weighted by atomic mass is 35.5. The summed E-state index contributed by atoms with van der Waals surface area (Å²) in [5.41, 5.74) is 1.25.